The van der Waals surface area contributed by atoms with E-state index in [0.717, 1.165) is 5.69 Å². The fraction of sp³-hybridized carbons (Fsp3) is 0.769. The van der Waals surface area contributed by atoms with Crippen molar-refractivity contribution in [2.75, 3.05) is 19.8 Å². The Morgan fingerprint density at radius 2 is 2.33 bits per heavy atom. The lowest BCUT2D eigenvalue weighted by Gasteiger charge is -2.22. The Balaban J connectivity index is 1.89. The SMILES string of the molecule is CC(C)(C)OC(=O)NC[C@@H]1COC[C@H]1n1cc(CN)nn1. The third-order valence-corrected chi connectivity index (χ3v) is 3.18. The molecule has 2 rings (SSSR count). The van der Waals surface area contributed by atoms with Gasteiger partial charge in [0, 0.05) is 19.0 Å². The number of nitrogens with two attached hydrogens (primary N) is 1. The van der Waals surface area contributed by atoms with E-state index in [-0.39, 0.29) is 12.0 Å². The molecule has 1 aromatic rings. The first-order valence-electron chi connectivity index (χ1n) is 7.04. The van der Waals surface area contributed by atoms with Gasteiger partial charge in [0.2, 0.25) is 0 Å². The van der Waals surface area contributed by atoms with E-state index in [1.807, 2.05) is 27.0 Å². The lowest BCUT2D eigenvalue weighted by Crippen LogP contribution is -2.37. The van der Waals surface area contributed by atoms with Crippen molar-refractivity contribution in [2.45, 2.75) is 39.0 Å². The van der Waals surface area contributed by atoms with Gasteiger partial charge in [-0.05, 0) is 20.8 Å². The molecule has 1 fully saturated rings. The monoisotopic (exact) mass is 297 g/mol. The van der Waals surface area contributed by atoms with Gasteiger partial charge in [0.05, 0.1) is 31.1 Å². The Morgan fingerprint density at radius 1 is 1.57 bits per heavy atom. The number of ether oxygens (including phenoxy) is 2. The van der Waals surface area contributed by atoms with E-state index in [9.17, 15) is 4.79 Å². The number of amides is 1. The second-order valence-electron chi connectivity index (χ2n) is 6.14. The third kappa shape index (κ3) is 4.40. The first-order chi connectivity index (χ1) is 9.89. The molecule has 1 amide bonds. The zero-order valence-electron chi connectivity index (χ0n) is 12.7. The van der Waals surface area contributed by atoms with Crippen LogP contribution >= 0.6 is 0 Å². The minimum atomic E-state index is -0.502. The van der Waals surface area contributed by atoms with E-state index in [0.29, 0.717) is 26.3 Å². The first kappa shape index (κ1) is 15.7. The highest BCUT2D eigenvalue weighted by Gasteiger charge is 2.31. The van der Waals surface area contributed by atoms with Gasteiger partial charge >= 0.3 is 6.09 Å². The largest absolute Gasteiger partial charge is 0.444 e. The fourth-order valence-corrected chi connectivity index (χ4v) is 2.17. The number of carbonyl (C=O) groups excluding carboxylic acids is 1. The zero-order chi connectivity index (χ0) is 15.5. The van der Waals surface area contributed by atoms with Gasteiger partial charge in [-0.2, -0.15) is 0 Å². The number of nitrogens with zero attached hydrogens (tertiary/aromatic N) is 3. The van der Waals surface area contributed by atoms with Crippen molar-refractivity contribution < 1.29 is 14.3 Å². The molecule has 118 valence electrons. The van der Waals surface area contributed by atoms with Crippen LogP contribution < -0.4 is 11.1 Å². The maximum Gasteiger partial charge on any atom is 0.407 e. The molecule has 3 N–H and O–H groups in total. The predicted octanol–water partition coefficient (Wildman–Crippen LogP) is 0.449. The van der Waals surface area contributed by atoms with Crippen LogP contribution in [0.1, 0.15) is 32.5 Å². The molecule has 1 aromatic heterocycles. The second kappa shape index (κ2) is 6.40. The van der Waals surface area contributed by atoms with E-state index in [1.165, 1.54) is 0 Å². The molecule has 1 aliphatic heterocycles. The number of rotatable bonds is 4. The quantitative estimate of drug-likeness (QED) is 0.836. The van der Waals surface area contributed by atoms with Crippen LogP contribution in [0.4, 0.5) is 4.79 Å². The Morgan fingerprint density at radius 3 is 2.95 bits per heavy atom. The van der Waals surface area contributed by atoms with Gasteiger partial charge in [-0.25, -0.2) is 9.48 Å². The van der Waals surface area contributed by atoms with Crippen LogP contribution in [0.3, 0.4) is 0 Å². The van der Waals surface area contributed by atoms with Crippen molar-refractivity contribution >= 4 is 6.09 Å². The minimum absolute atomic E-state index is 0.0488. The molecule has 0 unspecified atom stereocenters. The summed E-state index contributed by atoms with van der Waals surface area (Å²) in [5.41, 5.74) is 5.77. The molecule has 0 radical (unpaired) electrons. The molecule has 1 aliphatic rings. The summed E-state index contributed by atoms with van der Waals surface area (Å²) >= 11 is 0. The molecule has 0 aromatic carbocycles. The molecule has 8 nitrogen and oxygen atoms in total. The summed E-state index contributed by atoms with van der Waals surface area (Å²) in [7, 11) is 0. The molecule has 0 aliphatic carbocycles. The standard InChI is InChI=1S/C13H23N5O3/c1-13(2,3)21-12(19)15-5-9-7-20-8-11(9)18-6-10(4-14)16-17-18/h6,9,11H,4-5,7-8,14H2,1-3H3,(H,15,19)/t9-,11-/m1/s1. The Labute approximate surface area is 124 Å². The number of nitrogens with one attached hydrogen (secondary N) is 1. The first-order valence-corrected chi connectivity index (χ1v) is 7.04. The van der Waals surface area contributed by atoms with Crippen LogP contribution in [0.2, 0.25) is 0 Å². The lowest BCUT2D eigenvalue weighted by atomic mass is 10.0. The van der Waals surface area contributed by atoms with E-state index in [2.05, 4.69) is 15.6 Å². The van der Waals surface area contributed by atoms with Crippen LogP contribution in [-0.2, 0) is 16.0 Å². The van der Waals surface area contributed by atoms with E-state index in [4.69, 9.17) is 15.2 Å². The van der Waals surface area contributed by atoms with Crippen LogP contribution in [-0.4, -0.2) is 46.4 Å². The summed E-state index contributed by atoms with van der Waals surface area (Å²) < 4.78 is 12.5. The third-order valence-electron chi connectivity index (χ3n) is 3.18. The Bertz CT molecular complexity index is 482. The van der Waals surface area contributed by atoms with Gasteiger partial charge < -0.3 is 20.5 Å². The van der Waals surface area contributed by atoms with Crippen molar-refractivity contribution in [3.8, 4) is 0 Å². The molecular weight excluding hydrogens is 274 g/mol. The smallest absolute Gasteiger partial charge is 0.407 e. The molecule has 8 heteroatoms. The highest BCUT2D eigenvalue weighted by Crippen LogP contribution is 2.24. The highest BCUT2D eigenvalue weighted by atomic mass is 16.6. The van der Waals surface area contributed by atoms with Crippen molar-refractivity contribution in [1.82, 2.24) is 20.3 Å². The fourth-order valence-electron chi connectivity index (χ4n) is 2.17. The van der Waals surface area contributed by atoms with Gasteiger partial charge in [0.1, 0.15) is 5.60 Å². The number of carbonyl (C=O) groups is 1. The molecule has 21 heavy (non-hydrogen) atoms. The highest BCUT2D eigenvalue weighted by molar-refractivity contribution is 5.67. The molecule has 1 saturated heterocycles. The number of hydrogen-bond donors (Lipinski definition) is 2. The van der Waals surface area contributed by atoms with Gasteiger partial charge in [-0.15, -0.1) is 5.10 Å². The molecule has 2 atom stereocenters. The van der Waals surface area contributed by atoms with Gasteiger partial charge in [0.15, 0.2) is 0 Å². The van der Waals surface area contributed by atoms with Gasteiger partial charge in [0.25, 0.3) is 0 Å². The number of alkyl carbamates (subject to hydrolysis) is 1. The molecule has 0 bridgehead atoms. The number of hydrogen-bond acceptors (Lipinski definition) is 6. The van der Waals surface area contributed by atoms with Crippen molar-refractivity contribution in [1.29, 1.82) is 0 Å². The summed E-state index contributed by atoms with van der Waals surface area (Å²) in [6.07, 6.45) is 1.40. The summed E-state index contributed by atoms with van der Waals surface area (Å²) in [5, 5.41) is 10.8. The van der Waals surface area contributed by atoms with E-state index in [1.54, 1.807) is 4.68 Å². The minimum Gasteiger partial charge on any atom is -0.444 e. The van der Waals surface area contributed by atoms with Crippen LogP contribution in [0, 0.1) is 5.92 Å². The van der Waals surface area contributed by atoms with Gasteiger partial charge in [-0.3, -0.25) is 0 Å². The van der Waals surface area contributed by atoms with Crippen LogP contribution in [0.15, 0.2) is 6.20 Å². The molecular formula is C13H23N5O3. The Hall–Kier alpha value is -1.67. The number of aromatic nitrogens is 3. The summed E-state index contributed by atoms with van der Waals surface area (Å²) in [5.74, 6) is 0.129. The zero-order valence-corrected chi connectivity index (χ0v) is 12.7. The summed E-state index contributed by atoms with van der Waals surface area (Å²) in [6, 6.07) is 0.0488. The molecule has 2 heterocycles. The average molecular weight is 297 g/mol. The maximum atomic E-state index is 11.7. The lowest BCUT2D eigenvalue weighted by molar-refractivity contribution is 0.0515. The van der Waals surface area contributed by atoms with Gasteiger partial charge in [-0.1, -0.05) is 5.21 Å². The summed E-state index contributed by atoms with van der Waals surface area (Å²) in [4.78, 5) is 11.7. The average Bonchev–Trinajstić information content (AvgIpc) is 3.02. The van der Waals surface area contributed by atoms with E-state index < -0.39 is 11.7 Å². The van der Waals surface area contributed by atoms with Crippen LogP contribution in [0.25, 0.3) is 0 Å². The maximum absolute atomic E-state index is 11.7. The molecule has 0 saturated carbocycles. The normalized spacial score (nSPS) is 22.3. The predicted molar refractivity (Wildman–Crippen MR) is 75.5 cm³/mol. The van der Waals surface area contributed by atoms with E-state index >= 15 is 0 Å². The van der Waals surface area contributed by atoms with Crippen molar-refractivity contribution in [3.63, 3.8) is 0 Å². The van der Waals surface area contributed by atoms with Crippen molar-refractivity contribution in [3.05, 3.63) is 11.9 Å². The van der Waals surface area contributed by atoms with Crippen molar-refractivity contribution in [2.24, 2.45) is 11.7 Å². The second-order valence-corrected chi connectivity index (χ2v) is 6.14. The Kier molecular flexibility index (Phi) is 4.79. The summed E-state index contributed by atoms with van der Waals surface area (Å²) in [6.45, 7) is 7.44. The topological polar surface area (TPSA) is 104 Å². The molecule has 0 spiro atoms. The van der Waals surface area contributed by atoms with Crippen LogP contribution in [0.5, 0.6) is 0 Å².